The molecule has 0 saturated carbocycles. The van der Waals surface area contributed by atoms with Gasteiger partial charge in [0.15, 0.2) is 0 Å². The van der Waals surface area contributed by atoms with Gasteiger partial charge in [-0.15, -0.1) is 0 Å². The van der Waals surface area contributed by atoms with Gasteiger partial charge < -0.3 is 0 Å². The van der Waals surface area contributed by atoms with Crippen LogP contribution in [0.5, 0.6) is 0 Å². The summed E-state index contributed by atoms with van der Waals surface area (Å²) >= 11 is 0. The Bertz CT molecular complexity index is 600. The molecular weight excluding hydrogens is 282 g/mol. The minimum absolute atomic E-state index is 0.387. The zero-order chi connectivity index (χ0) is 15.9. The maximum Gasteiger partial charge on any atom is 0.137 e. The first-order valence-corrected chi connectivity index (χ1v) is 8.61. The maximum atomic E-state index is 12.2. The highest BCUT2D eigenvalue weighted by Gasteiger charge is 2.21. The molecule has 2 aromatic rings. The zero-order valence-electron chi connectivity index (χ0n) is 13.7. The van der Waals surface area contributed by atoms with Crippen molar-refractivity contribution in [2.75, 3.05) is 13.1 Å². The molecule has 0 radical (unpaired) electrons. The summed E-state index contributed by atoms with van der Waals surface area (Å²) in [4.78, 5) is 14.7. The first-order valence-electron chi connectivity index (χ1n) is 8.61. The van der Waals surface area contributed by atoms with Gasteiger partial charge in [0.05, 0.1) is 0 Å². The highest BCUT2D eigenvalue weighted by atomic mass is 16.1. The van der Waals surface area contributed by atoms with Crippen LogP contribution < -0.4 is 0 Å². The fourth-order valence-corrected chi connectivity index (χ4v) is 3.41. The molecule has 0 aromatic heterocycles. The van der Waals surface area contributed by atoms with Crippen LogP contribution >= 0.6 is 0 Å². The summed E-state index contributed by atoms with van der Waals surface area (Å²) < 4.78 is 0. The summed E-state index contributed by atoms with van der Waals surface area (Å²) in [6, 6.07) is 20.7. The van der Waals surface area contributed by atoms with Crippen molar-refractivity contribution >= 4 is 5.78 Å². The number of benzene rings is 2. The first-order chi connectivity index (χ1) is 11.3. The van der Waals surface area contributed by atoms with Gasteiger partial charge in [-0.2, -0.15) is 0 Å². The number of rotatable bonds is 6. The van der Waals surface area contributed by atoms with E-state index in [2.05, 4.69) is 35.2 Å². The van der Waals surface area contributed by atoms with E-state index in [-0.39, 0.29) is 0 Å². The van der Waals surface area contributed by atoms with Crippen LogP contribution in [-0.4, -0.2) is 23.8 Å². The van der Waals surface area contributed by atoms with Crippen molar-refractivity contribution in [2.24, 2.45) is 5.92 Å². The van der Waals surface area contributed by atoms with Gasteiger partial charge in [0.1, 0.15) is 5.78 Å². The Kier molecular flexibility index (Phi) is 5.60. The number of hydrogen-bond acceptors (Lipinski definition) is 2. The second-order valence-corrected chi connectivity index (χ2v) is 6.61. The lowest BCUT2D eigenvalue weighted by Gasteiger charge is -2.31. The Balaban J connectivity index is 1.41. The Morgan fingerprint density at radius 3 is 2.04 bits per heavy atom. The number of carbonyl (C=O) groups is 1. The molecule has 1 fully saturated rings. The molecule has 3 rings (SSSR count). The molecule has 23 heavy (non-hydrogen) atoms. The average molecular weight is 307 g/mol. The van der Waals surface area contributed by atoms with Crippen molar-refractivity contribution in [3.8, 4) is 0 Å². The van der Waals surface area contributed by atoms with Crippen LogP contribution in [0, 0.1) is 5.92 Å². The molecule has 2 nitrogen and oxygen atoms in total. The molecule has 2 aromatic carbocycles. The highest BCUT2D eigenvalue weighted by molar-refractivity contribution is 5.81. The maximum absolute atomic E-state index is 12.2. The van der Waals surface area contributed by atoms with Gasteiger partial charge in [0, 0.05) is 19.4 Å². The molecule has 0 bridgehead atoms. The molecule has 2 heteroatoms. The van der Waals surface area contributed by atoms with Gasteiger partial charge in [-0.1, -0.05) is 60.7 Å². The number of piperidine rings is 1. The lowest BCUT2D eigenvalue weighted by atomic mass is 9.90. The molecule has 0 amide bonds. The lowest BCUT2D eigenvalue weighted by molar-refractivity contribution is -0.119. The minimum atomic E-state index is 0.387. The summed E-state index contributed by atoms with van der Waals surface area (Å²) in [6.45, 7) is 3.25. The number of ketones is 1. The Morgan fingerprint density at radius 2 is 1.43 bits per heavy atom. The number of hydrogen-bond donors (Lipinski definition) is 0. The van der Waals surface area contributed by atoms with Crippen molar-refractivity contribution < 1.29 is 4.79 Å². The van der Waals surface area contributed by atoms with Crippen molar-refractivity contribution in [1.82, 2.24) is 4.90 Å². The molecule has 0 N–H and O–H groups in total. The normalized spacial score (nSPS) is 16.3. The summed E-state index contributed by atoms with van der Waals surface area (Å²) in [7, 11) is 0. The van der Waals surface area contributed by atoms with Crippen molar-refractivity contribution in [3.63, 3.8) is 0 Å². The number of Topliss-reactive ketones (excluding diaryl/α,β-unsaturated/α-hetero) is 1. The van der Waals surface area contributed by atoms with E-state index in [4.69, 9.17) is 0 Å². The zero-order valence-corrected chi connectivity index (χ0v) is 13.7. The highest BCUT2D eigenvalue weighted by Crippen LogP contribution is 2.22. The molecule has 1 aliphatic rings. The average Bonchev–Trinajstić information content (AvgIpc) is 2.58. The van der Waals surface area contributed by atoms with E-state index < -0.39 is 0 Å². The predicted octanol–water partition coefficient (Wildman–Crippen LogP) is 4.10. The van der Waals surface area contributed by atoms with E-state index in [0.29, 0.717) is 18.1 Å². The lowest BCUT2D eigenvalue weighted by Crippen LogP contribution is -2.34. The van der Waals surface area contributed by atoms with Gasteiger partial charge in [-0.3, -0.25) is 9.69 Å². The molecule has 0 spiro atoms. The monoisotopic (exact) mass is 307 g/mol. The molecule has 0 atom stereocenters. The van der Waals surface area contributed by atoms with Crippen LogP contribution in [0.15, 0.2) is 60.7 Å². The van der Waals surface area contributed by atoms with E-state index in [0.717, 1.165) is 44.5 Å². The first kappa shape index (κ1) is 15.9. The molecule has 1 saturated heterocycles. The predicted molar refractivity (Wildman–Crippen MR) is 94.2 cm³/mol. The molecule has 1 heterocycles. The van der Waals surface area contributed by atoms with E-state index in [9.17, 15) is 4.79 Å². The largest absolute Gasteiger partial charge is 0.299 e. The number of carbonyl (C=O) groups excluding carboxylic acids is 1. The van der Waals surface area contributed by atoms with Crippen LogP contribution in [0.1, 0.15) is 30.4 Å². The second kappa shape index (κ2) is 8.07. The molecule has 0 unspecified atom stereocenters. The van der Waals surface area contributed by atoms with Crippen LogP contribution in [0.3, 0.4) is 0 Å². The molecular formula is C21H25NO. The van der Waals surface area contributed by atoms with Crippen LogP contribution in [0.25, 0.3) is 0 Å². The van der Waals surface area contributed by atoms with Gasteiger partial charge in [0.25, 0.3) is 0 Å². The van der Waals surface area contributed by atoms with Crippen LogP contribution in [0.4, 0.5) is 0 Å². The van der Waals surface area contributed by atoms with Gasteiger partial charge in [0.2, 0.25) is 0 Å². The molecule has 1 aliphatic heterocycles. The van der Waals surface area contributed by atoms with E-state index >= 15 is 0 Å². The second-order valence-electron chi connectivity index (χ2n) is 6.61. The quantitative estimate of drug-likeness (QED) is 0.801. The van der Waals surface area contributed by atoms with E-state index in [1.807, 2.05) is 30.3 Å². The number of nitrogens with zero attached hydrogens (tertiary/aromatic N) is 1. The Hall–Kier alpha value is -1.93. The van der Waals surface area contributed by atoms with Gasteiger partial charge >= 0.3 is 0 Å². The topological polar surface area (TPSA) is 20.3 Å². The van der Waals surface area contributed by atoms with Crippen LogP contribution in [-0.2, 0) is 17.8 Å². The third-order valence-electron chi connectivity index (χ3n) is 4.72. The van der Waals surface area contributed by atoms with Gasteiger partial charge in [-0.25, -0.2) is 0 Å². The summed E-state index contributed by atoms with van der Waals surface area (Å²) in [5, 5.41) is 0. The number of likely N-dealkylation sites (tertiary alicyclic amines) is 1. The van der Waals surface area contributed by atoms with E-state index in [1.165, 1.54) is 5.56 Å². The SMILES string of the molecule is O=C(Cc1ccccc1)CC1CCN(Cc2ccccc2)CC1. The fourth-order valence-electron chi connectivity index (χ4n) is 3.41. The summed E-state index contributed by atoms with van der Waals surface area (Å²) in [5.74, 6) is 0.955. The summed E-state index contributed by atoms with van der Waals surface area (Å²) in [5.41, 5.74) is 2.52. The summed E-state index contributed by atoms with van der Waals surface area (Å²) in [6.07, 6.45) is 3.62. The smallest absolute Gasteiger partial charge is 0.137 e. The Labute approximate surface area is 139 Å². The standard InChI is InChI=1S/C21H25NO/c23-21(15-18-7-3-1-4-8-18)16-19-11-13-22(14-12-19)17-20-9-5-2-6-10-20/h1-10,19H,11-17H2. The third kappa shape index (κ3) is 5.04. The van der Waals surface area contributed by atoms with E-state index in [1.54, 1.807) is 0 Å². The van der Waals surface area contributed by atoms with Crippen LogP contribution in [0.2, 0.25) is 0 Å². The third-order valence-corrected chi connectivity index (χ3v) is 4.72. The van der Waals surface area contributed by atoms with Crippen molar-refractivity contribution in [1.29, 1.82) is 0 Å². The minimum Gasteiger partial charge on any atom is -0.299 e. The molecule has 120 valence electrons. The fraction of sp³-hybridized carbons (Fsp3) is 0.381. The van der Waals surface area contributed by atoms with Crippen molar-refractivity contribution in [3.05, 3.63) is 71.8 Å². The Morgan fingerprint density at radius 1 is 0.870 bits per heavy atom. The molecule has 0 aliphatic carbocycles. The van der Waals surface area contributed by atoms with Gasteiger partial charge in [-0.05, 0) is 43.0 Å². The van der Waals surface area contributed by atoms with Crippen molar-refractivity contribution in [2.45, 2.75) is 32.2 Å².